The van der Waals surface area contributed by atoms with Crippen molar-refractivity contribution in [2.75, 3.05) is 0 Å². The molecule has 0 amide bonds. The molecular formula is C10H11F11O5S. The Labute approximate surface area is 144 Å². The highest BCUT2D eigenvalue weighted by atomic mass is 32.2. The second kappa shape index (κ2) is 7.82. The summed E-state index contributed by atoms with van der Waals surface area (Å²) in [5.74, 6) is -7.07. The highest BCUT2D eigenvalue weighted by molar-refractivity contribution is 7.86. The minimum absolute atomic E-state index is 0.0983. The maximum Gasteiger partial charge on any atom is 0.491 e. The molecule has 5 nitrogen and oxygen atoms in total. The number of alkyl halides is 11. The summed E-state index contributed by atoms with van der Waals surface area (Å²) in [6.45, 7) is 1.25. The van der Waals surface area contributed by atoms with Gasteiger partial charge in [0.15, 0.2) is 6.10 Å². The van der Waals surface area contributed by atoms with Crippen LogP contribution >= 0.6 is 0 Å². The fourth-order valence-corrected chi connectivity index (χ4v) is 1.65. The molecule has 0 aliphatic carbocycles. The van der Waals surface area contributed by atoms with E-state index in [4.69, 9.17) is 4.55 Å². The van der Waals surface area contributed by atoms with Gasteiger partial charge in [0, 0.05) is 0 Å². The van der Waals surface area contributed by atoms with E-state index in [1.54, 1.807) is 0 Å². The number of hydrogen-bond acceptors (Lipinski definition) is 4. The number of rotatable bonds is 9. The zero-order valence-corrected chi connectivity index (χ0v) is 13.7. The molecule has 1 N–H and O–H groups in total. The van der Waals surface area contributed by atoms with Crippen LogP contribution in [-0.2, 0) is 19.6 Å². The Morgan fingerprint density at radius 3 is 1.67 bits per heavy atom. The van der Waals surface area contributed by atoms with E-state index >= 15 is 0 Å². The molecule has 0 radical (unpaired) electrons. The summed E-state index contributed by atoms with van der Waals surface area (Å²) in [4.78, 5) is 0. The van der Waals surface area contributed by atoms with Crippen molar-refractivity contribution in [2.45, 2.75) is 62.0 Å². The number of halogens is 11. The van der Waals surface area contributed by atoms with Crippen LogP contribution in [0.4, 0.5) is 48.3 Å². The first-order valence-electron chi connectivity index (χ1n) is 6.55. The van der Waals surface area contributed by atoms with E-state index in [0.717, 1.165) is 0 Å². The van der Waals surface area contributed by atoms with Crippen molar-refractivity contribution in [1.82, 2.24) is 0 Å². The summed E-state index contributed by atoms with van der Waals surface area (Å²) in [5, 5.41) is 0. The van der Waals surface area contributed by atoms with Gasteiger partial charge >= 0.3 is 39.9 Å². The van der Waals surface area contributed by atoms with Crippen LogP contribution in [0.5, 0.6) is 0 Å². The third kappa shape index (κ3) is 6.02. The van der Waals surface area contributed by atoms with Crippen molar-refractivity contribution in [3.63, 3.8) is 0 Å². The molecule has 2 atom stereocenters. The van der Waals surface area contributed by atoms with Gasteiger partial charge in [-0.2, -0.15) is 56.7 Å². The lowest BCUT2D eigenvalue weighted by Crippen LogP contribution is -2.63. The second-order valence-electron chi connectivity index (χ2n) is 4.94. The fraction of sp³-hybridized carbons (Fsp3) is 1.00. The molecule has 0 rings (SSSR count). The summed E-state index contributed by atoms with van der Waals surface area (Å²) in [6, 6.07) is 0. The van der Waals surface area contributed by atoms with E-state index < -0.39 is 58.8 Å². The van der Waals surface area contributed by atoms with Crippen LogP contribution in [0.25, 0.3) is 0 Å². The van der Waals surface area contributed by atoms with Crippen LogP contribution in [-0.4, -0.2) is 48.8 Å². The Bertz CT molecular complexity index is 600. The molecule has 0 aromatic heterocycles. The third-order valence-corrected chi connectivity index (χ3v) is 3.46. The molecular weight excluding hydrogens is 441 g/mol. The molecule has 27 heavy (non-hydrogen) atoms. The quantitative estimate of drug-likeness (QED) is 0.415. The summed E-state index contributed by atoms with van der Waals surface area (Å²) in [7, 11) is -7.03. The third-order valence-electron chi connectivity index (χ3n) is 2.77. The highest BCUT2D eigenvalue weighted by Crippen LogP contribution is 2.51. The zero-order chi connectivity index (χ0) is 22.1. The predicted molar refractivity (Wildman–Crippen MR) is 62.9 cm³/mol. The average Bonchev–Trinajstić information content (AvgIpc) is 2.38. The molecule has 0 fully saturated rings. The molecule has 0 heterocycles. The Hall–Kier alpha value is -0.940. The first-order valence-corrected chi connectivity index (χ1v) is 7.99. The van der Waals surface area contributed by atoms with Gasteiger partial charge in [0.1, 0.15) is 0 Å². The van der Waals surface area contributed by atoms with Gasteiger partial charge in [-0.25, -0.2) is 0 Å². The summed E-state index contributed by atoms with van der Waals surface area (Å²) >= 11 is 0. The summed E-state index contributed by atoms with van der Waals surface area (Å²) in [5.41, 5.74) is -6.61. The lowest BCUT2D eigenvalue weighted by molar-refractivity contribution is -0.499. The molecule has 2 unspecified atom stereocenters. The largest absolute Gasteiger partial charge is 0.491 e. The summed E-state index contributed by atoms with van der Waals surface area (Å²) in [6.07, 6.45) is -25.6. The number of hydrogen-bond donors (Lipinski definition) is 1. The van der Waals surface area contributed by atoms with E-state index in [9.17, 15) is 56.7 Å². The van der Waals surface area contributed by atoms with Crippen LogP contribution in [0.1, 0.15) is 26.2 Å². The van der Waals surface area contributed by atoms with Gasteiger partial charge in [-0.05, 0) is 6.42 Å². The van der Waals surface area contributed by atoms with E-state index in [0.29, 0.717) is 0 Å². The van der Waals surface area contributed by atoms with Gasteiger partial charge in [-0.15, -0.1) is 0 Å². The molecule has 0 saturated heterocycles. The van der Waals surface area contributed by atoms with Crippen molar-refractivity contribution in [3.05, 3.63) is 0 Å². The van der Waals surface area contributed by atoms with Crippen LogP contribution in [0.2, 0.25) is 0 Å². The van der Waals surface area contributed by atoms with Gasteiger partial charge < -0.3 is 4.74 Å². The SMILES string of the molecule is CCCCC(OC(F)(F)C(F)(OC(F)(F)S(=O)(=O)O)C(F)(F)F)C(F)(F)F. The Kier molecular flexibility index (Phi) is 7.55. The molecule has 0 aromatic rings. The van der Waals surface area contributed by atoms with Crippen molar-refractivity contribution in [1.29, 1.82) is 0 Å². The molecule has 164 valence electrons. The van der Waals surface area contributed by atoms with Crippen molar-refractivity contribution >= 4 is 10.1 Å². The monoisotopic (exact) mass is 452 g/mol. The van der Waals surface area contributed by atoms with Crippen LogP contribution in [0, 0.1) is 0 Å². The van der Waals surface area contributed by atoms with Crippen molar-refractivity contribution in [3.8, 4) is 0 Å². The topological polar surface area (TPSA) is 72.8 Å². The number of unbranched alkanes of at least 4 members (excludes halogenated alkanes) is 1. The smallest absolute Gasteiger partial charge is 0.303 e. The van der Waals surface area contributed by atoms with Crippen molar-refractivity contribution in [2.24, 2.45) is 0 Å². The minimum Gasteiger partial charge on any atom is -0.303 e. The minimum atomic E-state index is -7.22. The van der Waals surface area contributed by atoms with Gasteiger partial charge in [0.2, 0.25) is 0 Å². The molecule has 0 aliphatic rings. The first-order chi connectivity index (χ1) is 11.6. The van der Waals surface area contributed by atoms with Crippen LogP contribution < -0.4 is 0 Å². The van der Waals surface area contributed by atoms with E-state index in [1.807, 2.05) is 4.74 Å². The average molecular weight is 452 g/mol. The Morgan fingerprint density at radius 2 is 1.37 bits per heavy atom. The predicted octanol–water partition coefficient (Wildman–Crippen LogP) is 4.40. The van der Waals surface area contributed by atoms with E-state index in [2.05, 4.69) is 4.74 Å². The van der Waals surface area contributed by atoms with E-state index in [1.165, 1.54) is 6.92 Å². The summed E-state index contributed by atoms with van der Waals surface area (Å²) < 4.78 is 175. The number of ether oxygens (including phenoxy) is 2. The van der Waals surface area contributed by atoms with Gasteiger partial charge in [0.05, 0.1) is 0 Å². The van der Waals surface area contributed by atoms with Gasteiger partial charge in [-0.3, -0.25) is 9.29 Å². The Morgan fingerprint density at radius 1 is 0.926 bits per heavy atom. The standard InChI is InChI=1S/C10H11F11O5S/c1-2-3-4-5(6(11,12)13)25-9(18,19)7(14,8(15,16)17)26-10(20,21)27(22,23)24/h5H,2-4H2,1H3,(H,22,23,24). The highest BCUT2D eigenvalue weighted by Gasteiger charge is 2.79. The second-order valence-corrected chi connectivity index (χ2v) is 6.37. The lowest BCUT2D eigenvalue weighted by atomic mass is 10.1. The normalized spacial score (nSPS) is 18.3. The fourth-order valence-electron chi connectivity index (χ4n) is 1.43. The lowest BCUT2D eigenvalue weighted by Gasteiger charge is -2.37. The molecule has 0 spiro atoms. The Balaban J connectivity index is 6.12. The maximum absolute atomic E-state index is 13.7. The van der Waals surface area contributed by atoms with E-state index in [-0.39, 0.29) is 6.42 Å². The van der Waals surface area contributed by atoms with Crippen molar-refractivity contribution < 1.29 is 70.7 Å². The molecule has 0 saturated carbocycles. The zero-order valence-electron chi connectivity index (χ0n) is 12.8. The van der Waals surface area contributed by atoms with Gasteiger partial charge in [-0.1, -0.05) is 19.8 Å². The molecule has 0 bridgehead atoms. The van der Waals surface area contributed by atoms with Crippen LogP contribution in [0.3, 0.4) is 0 Å². The van der Waals surface area contributed by atoms with Gasteiger partial charge in [0.25, 0.3) is 0 Å². The van der Waals surface area contributed by atoms with Crippen LogP contribution in [0.15, 0.2) is 0 Å². The first kappa shape index (κ1) is 26.1. The molecule has 17 heteroatoms. The maximum atomic E-state index is 13.7. The molecule has 0 aliphatic heterocycles. The molecule has 0 aromatic carbocycles.